The Morgan fingerprint density at radius 2 is 2.09 bits per heavy atom. The van der Waals surface area contributed by atoms with Crippen LogP contribution in [0.15, 0.2) is 24.4 Å². The number of nitrogens with one attached hydrogen (secondary N) is 2. The molecule has 116 valence electrons. The Morgan fingerprint density at radius 3 is 2.73 bits per heavy atom. The van der Waals surface area contributed by atoms with E-state index in [4.69, 9.17) is 0 Å². The van der Waals surface area contributed by atoms with Crippen molar-refractivity contribution in [2.45, 2.75) is 26.7 Å². The predicted molar refractivity (Wildman–Crippen MR) is 86.9 cm³/mol. The zero-order chi connectivity index (χ0) is 15.9. The number of amides is 2. The predicted octanol–water partition coefficient (Wildman–Crippen LogP) is 2.69. The van der Waals surface area contributed by atoms with Gasteiger partial charge in [-0.15, -0.1) is 0 Å². The van der Waals surface area contributed by atoms with E-state index < -0.39 is 0 Å². The first kappa shape index (κ1) is 16.1. The van der Waals surface area contributed by atoms with Crippen molar-refractivity contribution in [2.24, 2.45) is 0 Å². The van der Waals surface area contributed by atoms with Crippen LogP contribution in [-0.2, 0) is 4.79 Å². The number of hydrogen-bond acceptors (Lipinski definition) is 5. The quantitative estimate of drug-likeness (QED) is 0.857. The summed E-state index contributed by atoms with van der Waals surface area (Å²) in [7, 11) is 0. The van der Waals surface area contributed by atoms with Crippen LogP contribution >= 0.6 is 11.5 Å². The molecule has 0 saturated heterocycles. The highest BCUT2D eigenvalue weighted by Gasteiger charge is 2.22. The van der Waals surface area contributed by atoms with Crippen molar-refractivity contribution in [3.8, 4) is 11.4 Å². The molecule has 0 spiro atoms. The van der Waals surface area contributed by atoms with Crippen molar-refractivity contribution in [1.29, 1.82) is 0 Å². The molecular formula is C15H18N4O2S. The minimum absolute atomic E-state index is 0.165. The van der Waals surface area contributed by atoms with Crippen molar-refractivity contribution in [1.82, 2.24) is 14.7 Å². The number of anilines is 1. The highest BCUT2D eigenvalue weighted by Crippen LogP contribution is 2.32. The maximum absolute atomic E-state index is 12.2. The Hall–Kier alpha value is -2.28. The van der Waals surface area contributed by atoms with E-state index in [1.807, 2.05) is 13.0 Å². The second-order valence-electron chi connectivity index (χ2n) is 4.61. The summed E-state index contributed by atoms with van der Waals surface area (Å²) in [6.07, 6.45) is 2.82. The zero-order valence-electron chi connectivity index (χ0n) is 12.5. The summed E-state index contributed by atoms with van der Waals surface area (Å²) in [5.74, 6) is -0.394. The van der Waals surface area contributed by atoms with Crippen molar-refractivity contribution >= 4 is 29.0 Å². The summed E-state index contributed by atoms with van der Waals surface area (Å²) in [5, 5.41) is 5.58. The lowest BCUT2D eigenvalue weighted by molar-refractivity contribution is -0.115. The second kappa shape index (κ2) is 7.65. The Morgan fingerprint density at radius 1 is 1.27 bits per heavy atom. The summed E-state index contributed by atoms with van der Waals surface area (Å²) < 4.78 is 4.31. The van der Waals surface area contributed by atoms with E-state index in [1.54, 1.807) is 25.3 Å². The molecule has 0 aliphatic rings. The highest BCUT2D eigenvalue weighted by molar-refractivity contribution is 7.09. The van der Waals surface area contributed by atoms with Gasteiger partial charge in [0.1, 0.15) is 10.6 Å². The normalized spacial score (nSPS) is 10.3. The second-order valence-corrected chi connectivity index (χ2v) is 5.38. The molecule has 0 fully saturated rings. The van der Waals surface area contributed by atoms with Crippen LogP contribution in [0.1, 0.15) is 36.4 Å². The van der Waals surface area contributed by atoms with Crippen LogP contribution in [0.3, 0.4) is 0 Å². The molecule has 2 heterocycles. The lowest BCUT2D eigenvalue weighted by Crippen LogP contribution is -2.24. The lowest BCUT2D eigenvalue weighted by Gasteiger charge is -2.07. The van der Waals surface area contributed by atoms with Crippen LogP contribution in [0.2, 0.25) is 0 Å². The van der Waals surface area contributed by atoms with Crippen molar-refractivity contribution in [3.05, 3.63) is 29.3 Å². The van der Waals surface area contributed by atoms with Gasteiger partial charge < -0.3 is 10.6 Å². The molecule has 0 aliphatic heterocycles. The molecule has 0 bridgehead atoms. The van der Waals surface area contributed by atoms with Crippen LogP contribution in [0.25, 0.3) is 11.4 Å². The Labute approximate surface area is 133 Å². The largest absolute Gasteiger partial charge is 0.351 e. The summed E-state index contributed by atoms with van der Waals surface area (Å²) in [5.41, 5.74) is 1.58. The average Bonchev–Trinajstić information content (AvgIpc) is 2.96. The minimum atomic E-state index is -0.229. The van der Waals surface area contributed by atoms with E-state index in [0.717, 1.165) is 18.0 Å². The number of carbonyl (C=O) groups is 2. The van der Waals surface area contributed by atoms with E-state index >= 15 is 0 Å². The van der Waals surface area contributed by atoms with Gasteiger partial charge in [-0.1, -0.05) is 19.9 Å². The summed E-state index contributed by atoms with van der Waals surface area (Å²) in [6, 6.07) is 5.43. The van der Waals surface area contributed by atoms with Crippen LogP contribution in [0.4, 0.5) is 5.69 Å². The number of hydrogen-bond donors (Lipinski definition) is 2. The molecule has 0 radical (unpaired) electrons. The van der Waals surface area contributed by atoms with Crippen molar-refractivity contribution in [2.75, 3.05) is 11.9 Å². The lowest BCUT2D eigenvalue weighted by atomic mass is 10.2. The first-order valence-electron chi connectivity index (χ1n) is 7.16. The van der Waals surface area contributed by atoms with Crippen molar-refractivity contribution < 1.29 is 9.59 Å². The maximum Gasteiger partial charge on any atom is 0.265 e. The number of pyridine rings is 1. The van der Waals surface area contributed by atoms with E-state index in [2.05, 4.69) is 20.0 Å². The third kappa shape index (κ3) is 3.67. The van der Waals surface area contributed by atoms with Crippen molar-refractivity contribution in [3.63, 3.8) is 0 Å². The number of rotatable bonds is 6. The molecule has 0 unspecified atom stereocenters. The number of carbonyl (C=O) groups excluding carboxylic acids is 2. The third-order valence-electron chi connectivity index (χ3n) is 2.93. The molecule has 2 aromatic rings. The Bertz CT molecular complexity index is 655. The SMILES string of the molecule is CCCNC(=O)c1snc(-c2ccccn2)c1NC(=O)CC. The van der Waals surface area contributed by atoms with Crippen LogP contribution in [0.5, 0.6) is 0 Å². The molecule has 0 atom stereocenters. The van der Waals surface area contributed by atoms with Gasteiger partial charge >= 0.3 is 0 Å². The van der Waals surface area contributed by atoms with Crippen LogP contribution < -0.4 is 10.6 Å². The van der Waals surface area contributed by atoms with Crippen LogP contribution in [0, 0.1) is 0 Å². The summed E-state index contributed by atoms with van der Waals surface area (Å²) in [6.45, 7) is 4.31. The average molecular weight is 318 g/mol. The fraction of sp³-hybridized carbons (Fsp3) is 0.333. The van der Waals surface area contributed by atoms with Gasteiger partial charge in [0.2, 0.25) is 5.91 Å². The van der Waals surface area contributed by atoms with Gasteiger partial charge in [0, 0.05) is 19.2 Å². The van der Waals surface area contributed by atoms with Gasteiger partial charge in [0.15, 0.2) is 0 Å². The van der Waals surface area contributed by atoms with Gasteiger partial charge in [-0.25, -0.2) is 0 Å². The summed E-state index contributed by atoms with van der Waals surface area (Å²) >= 11 is 1.07. The highest BCUT2D eigenvalue weighted by atomic mass is 32.1. The smallest absolute Gasteiger partial charge is 0.265 e. The van der Waals surface area contributed by atoms with Gasteiger partial charge in [-0.3, -0.25) is 14.6 Å². The first-order chi connectivity index (χ1) is 10.7. The zero-order valence-corrected chi connectivity index (χ0v) is 13.4. The molecule has 2 amide bonds. The Balaban J connectivity index is 2.40. The van der Waals surface area contributed by atoms with Gasteiger partial charge in [-0.2, -0.15) is 4.37 Å². The van der Waals surface area contributed by atoms with E-state index in [-0.39, 0.29) is 11.8 Å². The molecule has 22 heavy (non-hydrogen) atoms. The van der Waals surface area contributed by atoms with Gasteiger partial charge in [-0.05, 0) is 30.1 Å². The van der Waals surface area contributed by atoms with Gasteiger partial charge in [0.25, 0.3) is 5.91 Å². The molecule has 0 saturated carbocycles. The topological polar surface area (TPSA) is 84.0 Å². The van der Waals surface area contributed by atoms with E-state index in [0.29, 0.717) is 34.9 Å². The minimum Gasteiger partial charge on any atom is -0.351 e. The fourth-order valence-electron chi connectivity index (χ4n) is 1.79. The molecule has 2 rings (SSSR count). The molecule has 0 aliphatic carbocycles. The molecule has 0 aromatic carbocycles. The first-order valence-corrected chi connectivity index (χ1v) is 7.93. The Kier molecular flexibility index (Phi) is 5.60. The monoisotopic (exact) mass is 318 g/mol. The summed E-state index contributed by atoms with van der Waals surface area (Å²) in [4.78, 5) is 28.6. The number of aromatic nitrogens is 2. The van der Waals surface area contributed by atoms with Crippen LogP contribution in [-0.4, -0.2) is 27.7 Å². The molecule has 2 aromatic heterocycles. The number of nitrogens with zero attached hydrogens (tertiary/aromatic N) is 2. The molecule has 6 nitrogen and oxygen atoms in total. The van der Waals surface area contributed by atoms with E-state index in [9.17, 15) is 9.59 Å². The standard InChI is InChI=1S/C15H18N4O2S/c1-3-8-17-15(21)14-13(18-11(20)4-2)12(19-22-14)10-7-5-6-9-16-10/h5-7,9H,3-4,8H2,1-2H3,(H,17,21)(H,18,20). The van der Waals surface area contributed by atoms with E-state index in [1.165, 1.54) is 0 Å². The third-order valence-corrected chi connectivity index (χ3v) is 3.77. The fourth-order valence-corrected chi connectivity index (χ4v) is 2.55. The van der Waals surface area contributed by atoms with Gasteiger partial charge in [0.05, 0.1) is 11.4 Å². The molecular weight excluding hydrogens is 300 g/mol. The molecule has 7 heteroatoms. The molecule has 2 N–H and O–H groups in total. The maximum atomic E-state index is 12.2.